The molecule has 5 heteroatoms. The predicted octanol–water partition coefficient (Wildman–Crippen LogP) is 0.965. The first kappa shape index (κ1) is 14.5. The van der Waals surface area contributed by atoms with Crippen molar-refractivity contribution in [1.82, 2.24) is 20.0 Å². The number of hydrogen-bond donors (Lipinski definition) is 1. The molecule has 2 rings (SSSR count). The summed E-state index contributed by atoms with van der Waals surface area (Å²) >= 11 is 0. The molecule has 0 bridgehead atoms. The molecule has 1 aromatic heterocycles. The van der Waals surface area contributed by atoms with Crippen molar-refractivity contribution >= 4 is 0 Å². The van der Waals surface area contributed by atoms with E-state index in [1.165, 1.54) is 0 Å². The minimum absolute atomic E-state index is 0.232. The fourth-order valence-electron chi connectivity index (χ4n) is 2.52. The van der Waals surface area contributed by atoms with Gasteiger partial charge >= 0.3 is 0 Å². The fourth-order valence-corrected chi connectivity index (χ4v) is 2.52. The van der Waals surface area contributed by atoms with Crippen molar-refractivity contribution in [2.45, 2.75) is 32.4 Å². The highest BCUT2D eigenvalue weighted by atomic mass is 16.5. The molecule has 0 spiro atoms. The third-order valence-electron chi connectivity index (χ3n) is 3.65. The monoisotopic (exact) mass is 266 g/mol. The van der Waals surface area contributed by atoms with Crippen LogP contribution in [-0.2, 0) is 17.4 Å². The third-order valence-corrected chi connectivity index (χ3v) is 3.65. The summed E-state index contributed by atoms with van der Waals surface area (Å²) in [7, 11) is 1.94. The number of nitrogens with zero attached hydrogens (tertiary/aromatic N) is 3. The van der Waals surface area contributed by atoms with E-state index in [1.54, 1.807) is 0 Å². The molecule has 1 saturated heterocycles. The summed E-state index contributed by atoms with van der Waals surface area (Å²) in [5.41, 5.74) is 0.932. The summed E-state index contributed by atoms with van der Waals surface area (Å²) < 4.78 is 7.84. The molecule has 2 heterocycles. The van der Waals surface area contributed by atoms with Gasteiger partial charge in [-0.15, -0.1) is 0 Å². The van der Waals surface area contributed by atoms with Gasteiger partial charge in [0.1, 0.15) is 5.60 Å². The van der Waals surface area contributed by atoms with Crippen LogP contribution < -0.4 is 5.32 Å². The van der Waals surface area contributed by atoms with Crippen LogP contribution in [0.15, 0.2) is 12.4 Å². The first-order valence-electron chi connectivity index (χ1n) is 7.08. The second-order valence-corrected chi connectivity index (χ2v) is 5.87. The van der Waals surface area contributed by atoms with Gasteiger partial charge in [-0.25, -0.2) is 0 Å². The quantitative estimate of drug-likeness (QED) is 0.862. The minimum atomic E-state index is -0.232. The number of hydrogen-bond acceptors (Lipinski definition) is 4. The van der Waals surface area contributed by atoms with E-state index < -0.39 is 0 Å². The Morgan fingerprint density at radius 2 is 2.32 bits per heavy atom. The smallest absolute Gasteiger partial charge is 0.106 e. The standard InChI is InChI=1S/C14H26N4O/c1-12(2)15-5-6-18-7-8-19-14(3,11-18)13-9-16-17(4)10-13/h9-10,12,15H,5-8,11H2,1-4H3. The minimum Gasteiger partial charge on any atom is -0.368 e. The lowest BCUT2D eigenvalue weighted by atomic mass is 9.97. The largest absolute Gasteiger partial charge is 0.368 e. The van der Waals surface area contributed by atoms with E-state index in [2.05, 4.69) is 42.3 Å². The normalized spacial score (nSPS) is 25.1. The van der Waals surface area contributed by atoms with Crippen LogP contribution in [0.4, 0.5) is 0 Å². The SMILES string of the molecule is CC(C)NCCN1CCOC(C)(c2cnn(C)c2)C1. The Kier molecular flexibility index (Phi) is 4.60. The van der Waals surface area contributed by atoms with Crippen LogP contribution in [0.3, 0.4) is 0 Å². The maximum Gasteiger partial charge on any atom is 0.106 e. The molecule has 1 N–H and O–H groups in total. The van der Waals surface area contributed by atoms with Crippen LogP contribution >= 0.6 is 0 Å². The van der Waals surface area contributed by atoms with Crippen molar-refractivity contribution in [2.24, 2.45) is 7.05 Å². The van der Waals surface area contributed by atoms with Crippen LogP contribution in [0.2, 0.25) is 0 Å². The van der Waals surface area contributed by atoms with Gasteiger partial charge in [-0.3, -0.25) is 9.58 Å². The molecule has 5 nitrogen and oxygen atoms in total. The average Bonchev–Trinajstić information content (AvgIpc) is 2.76. The Morgan fingerprint density at radius 3 is 2.95 bits per heavy atom. The van der Waals surface area contributed by atoms with Crippen molar-refractivity contribution in [3.63, 3.8) is 0 Å². The van der Waals surface area contributed by atoms with Crippen LogP contribution in [0.25, 0.3) is 0 Å². The summed E-state index contributed by atoms with van der Waals surface area (Å²) in [6, 6.07) is 0.547. The summed E-state index contributed by atoms with van der Waals surface area (Å²) in [6.07, 6.45) is 3.96. The Hall–Kier alpha value is -0.910. The van der Waals surface area contributed by atoms with Gasteiger partial charge in [0.25, 0.3) is 0 Å². The lowest BCUT2D eigenvalue weighted by Crippen LogP contribution is -2.50. The second-order valence-electron chi connectivity index (χ2n) is 5.87. The molecule has 19 heavy (non-hydrogen) atoms. The Bertz CT molecular complexity index is 404. The molecule has 0 saturated carbocycles. The van der Waals surface area contributed by atoms with E-state index in [9.17, 15) is 0 Å². The molecule has 1 unspecified atom stereocenters. The number of aromatic nitrogens is 2. The lowest BCUT2D eigenvalue weighted by molar-refractivity contribution is -0.102. The highest BCUT2D eigenvalue weighted by Crippen LogP contribution is 2.28. The van der Waals surface area contributed by atoms with Gasteiger partial charge < -0.3 is 10.1 Å². The van der Waals surface area contributed by atoms with E-state index in [-0.39, 0.29) is 5.60 Å². The zero-order valence-corrected chi connectivity index (χ0v) is 12.5. The zero-order valence-electron chi connectivity index (χ0n) is 12.5. The number of ether oxygens (including phenoxy) is 1. The molecule has 1 aliphatic rings. The van der Waals surface area contributed by atoms with E-state index in [0.717, 1.165) is 38.3 Å². The molecule has 1 aliphatic heterocycles. The van der Waals surface area contributed by atoms with E-state index in [4.69, 9.17) is 4.74 Å². The molecule has 0 aliphatic carbocycles. The molecule has 1 atom stereocenters. The maximum atomic E-state index is 6.01. The molecular weight excluding hydrogens is 240 g/mol. The van der Waals surface area contributed by atoms with Crippen molar-refractivity contribution in [2.75, 3.05) is 32.8 Å². The Balaban J connectivity index is 1.92. The van der Waals surface area contributed by atoms with Gasteiger partial charge in [0.2, 0.25) is 0 Å². The van der Waals surface area contributed by atoms with Crippen molar-refractivity contribution in [3.8, 4) is 0 Å². The van der Waals surface area contributed by atoms with Crippen LogP contribution in [-0.4, -0.2) is 53.5 Å². The molecular formula is C14H26N4O. The van der Waals surface area contributed by atoms with Gasteiger partial charge in [-0.1, -0.05) is 13.8 Å². The molecule has 1 fully saturated rings. The summed E-state index contributed by atoms with van der Waals surface area (Å²) in [5, 5.41) is 7.72. The predicted molar refractivity (Wildman–Crippen MR) is 76.1 cm³/mol. The fraction of sp³-hybridized carbons (Fsp3) is 0.786. The Labute approximate surface area is 115 Å². The van der Waals surface area contributed by atoms with Gasteiger partial charge in [0.05, 0.1) is 12.8 Å². The van der Waals surface area contributed by atoms with Crippen molar-refractivity contribution < 1.29 is 4.74 Å². The first-order chi connectivity index (χ1) is 8.99. The van der Waals surface area contributed by atoms with Crippen LogP contribution in [0, 0.1) is 0 Å². The average molecular weight is 266 g/mol. The van der Waals surface area contributed by atoms with Crippen molar-refractivity contribution in [1.29, 1.82) is 0 Å². The molecule has 0 aromatic carbocycles. The molecule has 0 radical (unpaired) electrons. The van der Waals surface area contributed by atoms with Gasteiger partial charge in [-0.05, 0) is 6.92 Å². The summed E-state index contributed by atoms with van der Waals surface area (Å²) in [4.78, 5) is 2.46. The van der Waals surface area contributed by atoms with E-state index >= 15 is 0 Å². The zero-order chi connectivity index (χ0) is 13.9. The van der Waals surface area contributed by atoms with Gasteiger partial charge in [0, 0.05) is 51.0 Å². The van der Waals surface area contributed by atoms with Crippen LogP contribution in [0.1, 0.15) is 26.3 Å². The number of aryl methyl sites for hydroxylation is 1. The van der Waals surface area contributed by atoms with E-state index in [1.807, 2.05) is 17.9 Å². The lowest BCUT2D eigenvalue weighted by Gasteiger charge is -2.40. The highest BCUT2D eigenvalue weighted by molar-refractivity contribution is 5.16. The number of nitrogens with one attached hydrogen (secondary N) is 1. The molecule has 108 valence electrons. The van der Waals surface area contributed by atoms with Gasteiger partial charge in [-0.2, -0.15) is 5.10 Å². The van der Waals surface area contributed by atoms with Gasteiger partial charge in [0.15, 0.2) is 0 Å². The molecule has 1 aromatic rings. The molecule has 0 amide bonds. The second kappa shape index (κ2) is 6.03. The number of rotatable bonds is 5. The van der Waals surface area contributed by atoms with Crippen molar-refractivity contribution in [3.05, 3.63) is 18.0 Å². The summed E-state index contributed by atoms with van der Waals surface area (Å²) in [6.45, 7) is 11.3. The maximum absolute atomic E-state index is 6.01. The Morgan fingerprint density at radius 1 is 1.53 bits per heavy atom. The topological polar surface area (TPSA) is 42.3 Å². The van der Waals surface area contributed by atoms with E-state index in [0.29, 0.717) is 6.04 Å². The van der Waals surface area contributed by atoms with Crippen LogP contribution in [0.5, 0.6) is 0 Å². The third kappa shape index (κ3) is 3.78. The first-order valence-corrected chi connectivity index (χ1v) is 7.08. The highest BCUT2D eigenvalue weighted by Gasteiger charge is 2.34. The number of morpholine rings is 1. The summed E-state index contributed by atoms with van der Waals surface area (Å²) in [5.74, 6) is 0.